The minimum Gasteiger partial charge on any atom is -0.497 e. The average molecular weight is 498 g/mol. The molecule has 5 rings (SSSR count). The van der Waals surface area contributed by atoms with Crippen molar-refractivity contribution in [3.8, 4) is 22.6 Å². The minimum atomic E-state index is -0.306. The Balaban J connectivity index is 1.29. The van der Waals surface area contributed by atoms with Crippen LogP contribution in [-0.4, -0.2) is 34.7 Å². The summed E-state index contributed by atoms with van der Waals surface area (Å²) >= 11 is 0. The van der Waals surface area contributed by atoms with E-state index in [1.807, 2.05) is 42.6 Å². The van der Waals surface area contributed by atoms with Crippen molar-refractivity contribution in [3.63, 3.8) is 0 Å². The zero-order valence-electron chi connectivity index (χ0n) is 20.2. The van der Waals surface area contributed by atoms with Gasteiger partial charge in [0.25, 0.3) is 5.91 Å². The molecule has 186 valence electrons. The van der Waals surface area contributed by atoms with Gasteiger partial charge >= 0.3 is 0 Å². The Morgan fingerprint density at radius 1 is 0.919 bits per heavy atom. The van der Waals surface area contributed by atoms with Crippen LogP contribution in [0.15, 0.2) is 85.1 Å². The molecule has 9 heteroatoms. The number of hydrogen-bond donors (Lipinski definition) is 2. The van der Waals surface area contributed by atoms with Crippen LogP contribution in [0, 0.1) is 5.82 Å². The van der Waals surface area contributed by atoms with E-state index in [1.165, 1.54) is 12.1 Å². The minimum absolute atomic E-state index is 0.202. The highest BCUT2D eigenvalue weighted by Gasteiger charge is 2.11. The number of pyridine rings is 1. The summed E-state index contributed by atoms with van der Waals surface area (Å²) in [5, 5.41) is 10.6. The normalized spacial score (nSPS) is 10.8. The molecule has 3 aromatic carbocycles. The molecule has 8 nitrogen and oxygen atoms in total. The van der Waals surface area contributed by atoms with Crippen molar-refractivity contribution in [3.05, 3.63) is 102 Å². The van der Waals surface area contributed by atoms with Gasteiger partial charge in [-0.15, -0.1) is 5.10 Å². The number of methoxy groups -OCH3 is 2. The number of ether oxygens (including phenoxy) is 2. The lowest BCUT2D eigenvalue weighted by molar-refractivity contribution is 0.0951. The van der Waals surface area contributed by atoms with Gasteiger partial charge in [0.15, 0.2) is 5.65 Å². The first-order valence-electron chi connectivity index (χ1n) is 11.5. The molecule has 0 aliphatic heterocycles. The zero-order valence-corrected chi connectivity index (χ0v) is 20.2. The SMILES string of the molecule is COc1ccc(Nc2nc3ccc(-c4ccc(C(=O)NCc5ccc(F)cc5)cc4)cn3n2)c(OC)c1. The predicted octanol–water partition coefficient (Wildman–Crippen LogP) is 5.23. The van der Waals surface area contributed by atoms with E-state index >= 15 is 0 Å². The lowest BCUT2D eigenvalue weighted by atomic mass is 10.1. The van der Waals surface area contributed by atoms with Crippen LogP contribution in [0.1, 0.15) is 15.9 Å². The number of halogens is 1. The van der Waals surface area contributed by atoms with E-state index in [2.05, 4.69) is 20.7 Å². The first-order valence-corrected chi connectivity index (χ1v) is 11.5. The third kappa shape index (κ3) is 5.35. The summed E-state index contributed by atoms with van der Waals surface area (Å²) in [5.74, 6) is 1.22. The highest BCUT2D eigenvalue weighted by atomic mass is 19.1. The third-order valence-electron chi connectivity index (χ3n) is 5.83. The molecule has 0 spiro atoms. The van der Waals surface area contributed by atoms with Crippen molar-refractivity contribution in [2.45, 2.75) is 6.54 Å². The monoisotopic (exact) mass is 497 g/mol. The molecule has 0 radical (unpaired) electrons. The number of hydrogen-bond acceptors (Lipinski definition) is 6. The van der Waals surface area contributed by atoms with Crippen molar-refractivity contribution in [1.82, 2.24) is 19.9 Å². The smallest absolute Gasteiger partial charge is 0.251 e. The fourth-order valence-electron chi connectivity index (χ4n) is 3.83. The van der Waals surface area contributed by atoms with Gasteiger partial charge < -0.3 is 20.1 Å². The van der Waals surface area contributed by atoms with E-state index in [-0.39, 0.29) is 11.7 Å². The van der Waals surface area contributed by atoms with Crippen molar-refractivity contribution < 1.29 is 18.7 Å². The number of aromatic nitrogens is 3. The molecule has 0 aliphatic rings. The van der Waals surface area contributed by atoms with Gasteiger partial charge in [-0.3, -0.25) is 4.79 Å². The lowest BCUT2D eigenvalue weighted by Crippen LogP contribution is -2.22. The van der Waals surface area contributed by atoms with Crippen LogP contribution in [0.25, 0.3) is 16.8 Å². The Bertz CT molecular complexity index is 1550. The molecule has 0 atom stereocenters. The molecule has 0 saturated heterocycles. The summed E-state index contributed by atoms with van der Waals surface area (Å²) in [6.45, 7) is 0.322. The molecule has 0 unspecified atom stereocenters. The Morgan fingerprint density at radius 2 is 1.68 bits per heavy atom. The fourth-order valence-corrected chi connectivity index (χ4v) is 3.83. The molecule has 37 heavy (non-hydrogen) atoms. The van der Waals surface area contributed by atoms with Crippen LogP contribution in [0.2, 0.25) is 0 Å². The first kappa shape index (κ1) is 23.8. The van der Waals surface area contributed by atoms with Crippen LogP contribution in [0.4, 0.5) is 16.0 Å². The number of amides is 1. The van der Waals surface area contributed by atoms with Crippen LogP contribution in [0.3, 0.4) is 0 Å². The van der Waals surface area contributed by atoms with Gasteiger partial charge in [-0.2, -0.15) is 4.98 Å². The standard InChI is InChI=1S/C28H24FN5O3/c1-36-23-12-13-24(25(15-23)37-2)31-28-32-26-14-9-21(17-34(26)33-28)19-5-7-20(8-6-19)27(35)30-16-18-3-10-22(29)11-4-18/h3-15,17H,16H2,1-2H3,(H,30,35)(H,31,33). The van der Waals surface area contributed by atoms with Crippen molar-refractivity contribution in [2.24, 2.45) is 0 Å². The van der Waals surface area contributed by atoms with Gasteiger partial charge in [-0.1, -0.05) is 24.3 Å². The van der Waals surface area contributed by atoms with E-state index in [0.29, 0.717) is 40.9 Å². The van der Waals surface area contributed by atoms with Gasteiger partial charge in [0.05, 0.1) is 19.9 Å². The van der Waals surface area contributed by atoms with E-state index in [9.17, 15) is 9.18 Å². The molecule has 5 aromatic rings. The molecular formula is C28H24FN5O3. The molecule has 0 bridgehead atoms. The maximum Gasteiger partial charge on any atom is 0.251 e. The number of nitrogens with zero attached hydrogens (tertiary/aromatic N) is 3. The topological polar surface area (TPSA) is 89.8 Å². The quantitative estimate of drug-likeness (QED) is 0.305. The van der Waals surface area contributed by atoms with E-state index in [1.54, 1.807) is 49.1 Å². The highest BCUT2D eigenvalue weighted by Crippen LogP contribution is 2.31. The molecule has 0 saturated carbocycles. The number of fused-ring (bicyclic) bond motifs is 1. The molecule has 2 aromatic heterocycles. The van der Waals surface area contributed by atoms with E-state index in [4.69, 9.17) is 9.47 Å². The molecule has 1 amide bonds. The van der Waals surface area contributed by atoms with Gasteiger partial charge in [-0.05, 0) is 59.7 Å². The molecule has 2 heterocycles. The largest absolute Gasteiger partial charge is 0.497 e. The highest BCUT2D eigenvalue weighted by molar-refractivity contribution is 5.94. The Kier molecular flexibility index (Phi) is 6.67. The lowest BCUT2D eigenvalue weighted by Gasteiger charge is -2.10. The number of nitrogens with one attached hydrogen (secondary N) is 2. The molecular weight excluding hydrogens is 473 g/mol. The second-order valence-electron chi connectivity index (χ2n) is 8.23. The summed E-state index contributed by atoms with van der Waals surface area (Å²) in [5.41, 5.74) is 4.60. The number of carbonyl (C=O) groups excluding carboxylic acids is 1. The van der Waals surface area contributed by atoms with E-state index in [0.717, 1.165) is 16.7 Å². The first-order chi connectivity index (χ1) is 18.0. The predicted molar refractivity (Wildman–Crippen MR) is 139 cm³/mol. The van der Waals surface area contributed by atoms with Gasteiger partial charge in [-0.25, -0.2) is 8.91 Å². The zero-order chi connectivity index (χ0) is 25.8. The van der Waals surface area contributed by atoms with Crippen LogP contribution in [0.5, 0.6) is 11.5 Å². The number of anilines is 2. The summed E-state index contributed by atoms with van der Waals surface area (Å²) in [6, 6.07) is 22.6. The Labute approximate surface area is 212 Å². The fraction of sp³-hybridized carbons (Fsp3) is 0.107. The van der Waals surface area contributed by atoms with Gasteiger partial charge in [0.2, 0.25) is 5.95 Å². The van der Waals surface area contributed by atoms with Crippen molar-refractivity contribution in [2.75, 3.05) is 19.5 Å². The summed E-state index contributed by atoms with van der Waals surface area (Å²) in [6.07, 6.45) is 1.88. The third-order valence-corrected chi connectivity index (χ3v) is 5.83. The van der Waals surface area contributed by atoms with Gasteiger partial charge in [0, 0.05) is 29.9 Å². The number of carbonyl (C=O) groups is 1. The average Bonchev–Trinajstić information content (AvgIpc) is 3.34. The Hall–Kier alpha value is -4.92. The number of rotatable bonds is 8. The number of benzene rings is 3. The summed E-state index contributed by atoms with van der Waals surface area (Å²) < 4.78 is 25.4. The summed E-state index contributed by atoms with van der Waals surface area (Å²) in [7, 11) is 3.19. The molecule has 2 N–H and O–H groups in total. The molecule has 0 fully saturated rings. The maximum atomic E-state index is 13.0. The van der Waals surface area contributed by atoms with Gasteiger partial charge in [0.1, 0.15) is 17.3 Å². The Morgan fingerprint density at radius 3 is 2.41 bits per heavy atom. The second kappa shape index (κ2) is 10.4. The van der Waals surface area contributed by atoms with E-state index < -0.39 is 0 Å². The molecule has 0 aliphatic carbocycles. The van der Waals surface area contributed by atoms with Crippen molar-refractivity contribution >= 4 is 23.2 Å². The van der Waals surface area contributed by atoms with Crippen LogP contribution < -0.4 is 20.1 Å². The second-order valence-corrected chi connectivity index (χ2v) is 8.23. The van der Waals surface area contributed by atoms with Crippen molar-refractivity contribution in [1.29, 1.82) is 0 Å². The van der Waals surface area contributed by atoms with Crippen LogP contribution >= 0.6 is 0 Å². The van der Waals surface area contributed by atoms with Crippen LogP contribution in [-0.2, 0) is 6.54 Å². The summed E-state index contributed by atoms with van der Waals surface area (Å²) in [4.78, 5) is 17.0. The maximum absolute atomic E-state index is 13.0.